The standard InChI is InChI=1S/C19H21FN4O3/c20-14-6-4-13(5-7-14)16-2-1-3-18(22-16)23-10-8-15(9-11-23)24(19(26)27)12-17(21)25/h1-7,15H,8-12H2,(H2,21,25)(H,26,27). The lowest BCUT2D eigenvalue weighted by atomic mass is 10.0. The van der Waals surface area contributed by atoms with E-state index in [0.717, 1.165) is 22.0 Å². The number of carbonyl (C=O) groups is 2. The van der Waals surface area contributed by atoms with Crippen LogP contribution in [0.5, 0.6) is 0 Å². The van der Waals surface area contributed by atoms with Gasteiger partial charge in [-0.25, -0.2) is 14.2 Å². The molecule has 3 N–H and O–H groups in total. The van der Waals surface area contributed by atoms with Gasteiger partial charge in [0, 0.05) is 24.7 Å². The van der Waals surface area contributed by atoms with Gasteiger partial charge in [-0.05, 0) is 49.2 Å². The summed E-state index contributed by atoms with van der Waals surface area (Å²) in [5.41, 5.74) is 6.72. The zero-order valence-corrected chi connectivity index (χ0v) is 14.7. The summed E-state index contributed by atoms with van der Waals surface area (Å²) >= 11 is 0. The Kier molecular flexibility index (Phi) is 5.54. The van der Waals surface area contributed by atoms with Gasteiger partial charge < -0.3 is 15.7 Å². The number of pyridine rings is 1. The quantitative estimate of drug-likeness (QED) is 0.839. The number of piperidine rings is 1. The van der Waals surface area contributed by atoms with Crippen LogP contribution in [0.3, 0.4) is 0 Å². The number of carboxylic acid groups (broad SMARTS) is 1. The number of aromatic nitrogens is 1. The maximum absolute atomic E-state index is 13.1. The lowest BCUT2D eigenvalue weighted by Gasteiger charge is -2.37. The van der Waals surface area contributed by atoms with Crippen molar-refractivity contribution in [3.8, 4) is 11.3 Å². The minimum atomic E-state index is -1.14. The van der Waals surface area contributed by atoms with Crippen LogP contribution in [-0.2, 0) is 4.79 Å². The van der Waals surface area contributed by atoms with Gasteiger partial charge in [0.05, 0.1) is 5.69 Å². The van der Waals surface area contributed by atoms with E-state index in [4.69, 9.17) is 5.73 Å². The number of nitrogens with zero attached hydrogens (tertiary/aromatic N) is 3. The number of hydrogen-bond acceptors (Lipinski definition) is 4. The summed E-state index contributed by atoms with van der Waals surface area (Å²) in [6.07, 6.45) is 0.0352. The summed E-state index contributed by atoms with van der Waals surface area (Å²) in [5.74, 6) is -0.170. The molecule has 0 bridgehead atoms. The van der Waals surface area contributed by atoms with E-state index in [1.165, 1.54) is 12.1 Å². The van der Waals surface area contributed by atoms with Crippen LogP contribution >= 0.6 is 0 Å². The number of primary amides is 1. The summed E-state index contributed by atoms with van der Waals surface area (Å²) in [6, 6.07) is 11.6. The van der Waals surface area contributed by atoms with Crippen molar-refractivity contribution in [2.24, 2.45) is 5.73 Å². The van der Waals surface area contributed by atoms with Crippen molar-refractivity contribution < 1.29 is 19.1 Å². The molecule has 142 valence electrons. The fourth-order valence-electron chi connectivity index (χ4n) is 3.31. The summed E-state index contributed by atoms with van der Waals surface area (Å²) in [7, 11) is 0. The van der Waals surface area contributed by atoms with Gasteiger partial charge in [0.1, 0.15) is 18.2 Å². The van der Waals surface area contributed by atoms with Crippen molar-refractivity contribution in [3.63, 3.8) is 0 Å². The molecule has 0 unspecified atom stereocenters. The fourth-order valence-corrected chi connectivity index (χ4v) is 3.31. The van der Waals surface area contributed by atoms with Crippen LogP contribution in [0.15, 0.2) is 42.5 Å². The van der Waals surface area contributed by atoms with Gasteiger partial charge in [-0.3, -0.25) is 9.69 Å². The normalized spacial score (nSPS) is 14.8. The molecular weight excluding hydrogens is 351 g/mol. The van der Waals surface area contributed by atoms with E-state index in [1.54, 1.807) is 12.1 Å². The second kappa shape index (κ2) is 8.03. The van der Waals surface area contributed by atoms with Gasteiger partial charge in [0.25, 0.3) is 0 Å². The van der Waals surface area contributed by atoms with Crippen molar-refractivity contribution in [1.29, 1.82) is 0 Å². The fraction of sp³-hybridized carbons (Fsp3) is 0.316. The molecule has 1 aromatic carbocycles. The molecule has 27 heavy (non-hydrogen) atoms. The molecule has 2 amide bonds. The molecule has 1 saturated heterocycles. The van der Waals surface area contributed by atoms with E-state index >= 15 is 0 Å². The molecule has 3 rings (SSSR count). The molecule has 0 atom stereocenters. The van der Waals surface area contributed by atoms with Crippen LogP contribution in [-0.4, -0.2) is 52.7 Å². The van der Waals surface area contributed by atoms with E-state index in [2.05, 4.69) is 9.88 Å². The monoisotopic (exact) mass is 372 g/mol. The maximum Gasteiger partial charge on any atom is 0.408 e. The maximum atomic E-state index is 13.1. The molecule has 1 fully saturated rings. The van der Waals surface area contributed by atoms with Gasteiger partial charge >= 0.3 is 6.09 Å². The number of halogens is 1. The average molecular weight is 372 g/mol. The summed E-state index contributed by atoms with van der Waals surface area (Å²) in [6.45, 7) is 0.943. The van der Waals surface area contributed by atoms with E-state index < -0.39 is 12.0 Å². The van der Waals surface area contributed by atoms with E-state index in [9.17, 15) is 19.1 Å². The lowest BCUT2D eigenvalue weighted by molar-refractivity contribution is -0.119. The Morgan fingerprint density at radius 2 is 1.85 bits per heavy atom. The lowest BCUT2D eigenvalue weighted by Crippen LogP contribution is -2.49. The Hall–Kier alpha value is -3.16. The third-order valence-electron chi connectivity index (χ3n) is 4.68. The number of rotatable bonds is 5. The van der Waals surface area contributed by atoms with Crippen molar-refractivity contribution in [3.05, 3.63) is 48.3 Å². The van der Waals surface area contributed by atoms with Crippen molar-refractivity contribution in [1.82, 2.24) is 9.88 Å². The molecule has 8 heteroatoms. The van der Waals surface area contributed by atoms with Crippen LogP contribution in [0.4, 0.5) is 15.0 Å². The number of anilines is 1. The van der Waals surface area contributed by atoms with Crippen LogP contribution < -0.4 is 10.6 Å². The Balaban J connectivity index is 1.69. The first-order valence-corrected chi connectivity index (χ1v) is 8.70. The summed E-state index contributed by atoms with van der Waals surface area (Å²) in [5, 5.41) is 9.30. The smallest absolute Gasteiger partial charge is 0.408 e. The molecule has 2 aromatic rings. The molecule has 0 radical (unpaired) electrons. The predicted molar refractivity (Wildman–Crippen MR) is 98.8 cm³/mol. The highest BCUT2D eigenvalue weighted by molar-refractivity contribution is 5.80. The second-order valence-electron chi connectivity index (χ2n) is 6.48. The first-order valence-electron chi connectivity index (χ1n) is 8.70. The molecule has 0 saturated carbocycles. The van der Waals surface area contributed by atoms with Gasteiger partial charge in [-0.15, -0.1) is 0 Å². The number of benzene rings is 1. The van der Waals surface area contributed by atoms with E-state index in [-0.39, 0.29) is 18.4 Å². The van der Waals surface area contributed by atoms with Crippen LogP contribution in [0, 0.1) is 5.82 Å². The number of amides is 2. The van der Waals surface area contributed by atoms with Gasteiger partial charge in [0.2, 0.25) is 5.91 Å². The first-order chi connectivity index (χ1) is 12.9. The van der Waals surface area contributed by atoms with Crippen LogP contribution in [0.2, 0.25) is 0 Å². The topological polar surface area (TPSA) is 99.8 Å². The number of hydrogen-bond donors (Lipinski definition) is 2. The molecule has 0 spiro atoms. The summed E-state index contributed by atoms with van der Waals surface area (Å²) < 4.78 is 13.1. The molecule has 2 heterocycles. The molecule has 1 aliphatic heterocycles. The second-order valence-corrected chi connectivity index (χ2v) is 6.48. The molecular formula is C19H21FN4O3. The van der Waals surface area contributed by atoms with Crippen molar-refractivity contribution >= 4 is 17.8 Å². The summed E-state index contributed by atoms with van der Waals surface area (Å²) in [4.78, 5) is 30.3. The Morgan fingerprint density at radius 3 is 2.44 bits per heavy atom. The number of nitrogens with two attached hydrogens (primary N) is 1. The third-order valence-corrected chi connectivity index (χ3v) is 4.68. The van der Waals surface area contributed by atoms with Gasteiger partial charge in [-0.2, -0.15) is 0 Å². The van der Waals surface area contributed by atoms with Crippen LogP contribution in [0.25, 0.3) is 11.3 Å². The Bertz CT molecular complexity index is 820. The SMILES string of the molecule is NC(=O)CN(C(=O)O)C1CCN(c2cccc(-c3ccc(F)cc3)n2)CC1. The molecule has 1 aliphatic rings. The zero-order valence-electron chi connectivity index (χ0n) is 14.7. The zero-order chi connectivity index (χ0) is 19.4. The van der Waals surface area contributed by atoms with Gasteiger partial charge in [-0.1, -0.05) is 6.07 Å². The largest absolute Gasteiger partial charge is 0.465 e. The van der Waals surface area contributed by atoms with Crippen molar-refractivity contribution in [2.45, 2.75) is 18.9 Å². The van der Waals surface area contributed by atoms with Crippen molar-refractivity contribution in [2.75, 3.05) is 24.5 Å². The highest BCUT2D eigenvalue weighted by Gasteiger charge is 2.29. The first kappa shape index (κ1) is 18.6. The predicted octanol–water partition coefficient (Wildman–Crippen LogP) is 2.32. The molecule has 0 aliphatic carbocycles. The van der Waals surface area contributed by atoms with Crippen LogP contribution in [0.1, 0.15) is 12.8 Å². The third kappa shape index (κ3) is 4.52. The van der Waals surface area contributed by atoms with E-state index in [1.807, 2.05) is 18.2 Å². The average Bonchev–Trinajstić information content (AvgIpc) is 2.67. The molecule has 7 nitrogen and oxygen atoms in total. The minimum Gasteiger partial charge on any atom is -0.465 e. The Morgan fingerprint density at radius 1 is 1.19 bits per heavy atom. The highest BCUT2D eigenvalue weighted by Crippen LogP contribution is 2.24. The van der Waals surface area contributed by atoms with E-state index in [0.29, 0.717) is 25.9 Å². The van der Waals surface area contributed by atoms with Gasteiger partial charge in [0.15, 0.2) is 0 Å². The Labute approximate surface area is 156 Å². The number of carbonyl (C=O) groups excluding carboxylic acids is 1. The molecule has 1 aromatic heterocycles. The highest BCUT2D eigenvalue weighted by atomic mass is 19.1. The minimum absolute atomic E-state index is 0.244.